The van der Waals surface area contributed by atoms with Crippen LogP contribution >= 0.6 is 39.7 Å². The second-order valence-electron chi connectivity index (χ2n) is 2.41. The van der Waals surface area contributed by atoms with Crippen LogP contribution in [-0.2, 0) is 0 Å². The quantitative estimate of drug-likeness (QED) is 0.781. The maximum atomic E-state index is 8.75. The van der Waals surface area contributed by atoms with E-state index < -0.39 is 0 Å². The fourth-order valence-electron chi connectivity index (χ4n) is 0.863. The topological polar surface area (TPSA) is 61.8 Å². The zero-order valence-electron chi connectivity index (χ0n) is 6.84. The number of hydrogen-bond donors (Lipinski definition) is 2. The molecule has 0 unspecified atom stereocenters. The first-order chi connectivity index (χ1) is 6.54. The number of nitrogens with zero attached hydrogens (tertiary/aromatic N) is 1. The monoisotopic (exact) mass is 289 g/mol. The molecule has 0 aromatic heterocycles. The van der Waals surface area contributed by atoms with Crippen molar-refractivity contribution in [3.8, 4) is 6.07 Å². The Hall–Kier alpha value is -0.830. The third-order valence-electron chi connectivity index (χ3n) is 1.44. The summed E-state index contributed by atoms with van der Waals surface area (Å²) in [6, 6.07) is 5.19. The smallest absolute Gasteiger partial charge is 0.168 e. The summed E-state index contributed by atoms with van der Waals surface area (Å²) < 4.78 is 0.637. The van der Waals surface area contributed by atoms with E-state index >= 15 is 0 Å². The van der Waals surface area contributed by atoms with Gasteiger partial charge in [0.25, 0.3) is 0 Å². The average Bonchev–Trinajstić information content (AvgIpc) is 2.09. The molecule has 0 atom stereocenters. The van der Waals surface area contributed by atoms with Gasteiger partial charge in [0.1, 0.15) is 6.07 Å². The van der Waals surface area contributed by atoms with Crippen LogP contribution in [0, 0.1) is 11.3 Å². The maximum Gasteiger partial charge on any atom is 0.168 e. The van der Waals surface area contributed by atoms with Gasteiger partial charge < -0.3 is 11.1 Å². The molecule has 1 rings (SSSR count). The van der Waals surface area contributed by atoms with Gasteiger partial charge in [-0.2, -0.15) is 5.26 Å². The number of hydrogen-bond acceptors (Lipinski definition) is 2. The fraction of sp³-hybridized carbons (Fsp3) is 0. The summed E-state index contributed by atoms with van der Waals surface area (Å²) in [7, 11) is 0. The number of thiocarbonyl (C=S) groups is 1. The van der Waals surface area contributed by atoms with E-state index in [1.54, 1.807) is 12.1 Å². The van der Waals surface area contributed by atoms with Crippen LogP contribution in [0.1, 0.15) is 5.56 Å². The molecule has 0 aliphatic rings. The standard InChI is InChI=1S/C8H5BrClN3S/c9-5-2-6(10)7(13-8(12)14)1-4(5)3-11/h1-2H,(H3,12,13,14). The van der Waals surface area contributed by atoms with Crippen LogP contribution in [0.15, 0.2) is 16.6 Å². The average molecular weight is 291 g/mol. The lowest BCUT2D eigenvalue weighted by Crippen LogP contribution is -2.19. The minimum Gasteiger partial charge on any atom is -0.376 e. The van der Waals surface area contributed by atoms with Gasteiger partial charge >= 0.3 is 0 Å². The predicted octanol–water partition coefficient (Wildman–Crippen LogP) is 2.63. The van der Waals surface area contributed by atoms with Crippen molar-refractivity contribution >= 4 is 50.5 Å². The molecule has 0 fully saturated rings. The Labute approximate surface area is 100.0 Å². The maximum absolute atomic E-state index is 8.75. The summed E-state index contributed by atoms with van der Waals surface area (Å²) in [4.78, 5) is 0. The van der Waals surface area contributed by atoms with Gasteiger partial charge in [-0.25, -0.2) is 0 Å². The zero-order chi connectivity index (χ0) is 10.7. The summed E-state index contributed by atoms with van der Waals surface area (Å²) in [5.74, 6) is 0. The molecular weight excluding hydrogens is 286 g/mol. The Morgan fingerprint density at radius 1 is 1.64 bits per heavy atom. The Kier molecular flexibility index (Phi) is 3.69. The summed E-state index contributed by atoms with van der Waals surface area (Å²) in [5.41, 5.74) is 6.28. The van der Waals surface area contributed by atoms with Crippen LogP contribution in [0.3, 0.4) is 0 Å². The first kappa shape index (κ1) is 11.2. The molecule has 3 N–H and O–H groups in total. The number of anilines is 1. The van der Waals surface area contributed by atoms with Gasteiger partial charge in [-0.15, -0.1) is 0 Å². The molecule has 14 heavy (non-hydrogen) atoms. The molecule has 0 bridgehead atoms. The van der Waals surface area contributed by atoms with Crippen LogP contribution in [-0.4, -0.2) is 5.11 Å². The van der Waals surface area contributed by atoms with Gasteiger partial charge in [0.15, 0.2) is 5.11 Å². The number of nitrogens with one attached hydrogen (secondary N) is 1. The highest BCUT2D eigenvalue weighted by atomic mass is 79.9. The Morgan fingerprint density at radius 2 is 2.29 bits per heavy atom. The molecule has 3 nitrogen and oxygen atoms in total. The number of halogens is 2. The normalized spacial score (nSPS) is 9.21. The van der Waals surface area contributed by atoms with Gasteiger partial charge in [-0.3, -0.25) is 0 Å². The Morgan fingerprint density at radius 3 is 2.79 bits per heavy atom. The van der Waals surface area contributed by atoms with Gasteiger partial charge in [-0.05, 0) is 40.3 Å². The zero-order valence-corrected chi connectivity index (χ0v) is 10.0. The van der Waals surface area contributed by atoms with Crippen LogP contribution < -0.4 is 11.1 Å². The van der Waals surface area contributed by atoms with E-state index in [9.17, 15) is 0 Å². The highest BCUT2D eigenvalue weighted by Gasteiger charge is 2.06. The molecule has 0 amide bonds. The number of nitrogens with two attached hydrogens (primary N) is 1. The predicted molar refractivity (Wildman–Crippen MR) is 64.3 cm³/mol. The van der Waals surface area contributed by atoms with Crippen molar-refractivity contribution in [2.75, 3.05) is 5.32 Å². The minimum atomic E-state index is 0.109. The number of nitriles is 1. The third kappa shape index (κ3) is 2.58. The van der Waals surface area contributed by atoms with Crippen molar-refractivity contribution < 1.29 is 0 Å². The SMILES string of the molecule is N#Cc1cc(NC(N)=S)c(Cl)cc1Br. The van der Waals surface area contributed by atoms with E-state index in [-0.39, 0.29) is 5.11 Å². The van der Waals surface area contributed by atoms with Crippen molar-refractivity contribution in [3.05, 3.63) is 27.2 Å². The van der Waals surface area contributed by atoms with Gasteiger partial charge in [0, 0.05) is 4.47 Å². The van der Waals surface area contributed by atoms with E-state index in [1.807, 2.05) is 6.07 Å². The molecular formula is C8H5BrClN3S. The van der Waals surface area contributed by atoms with E-state index in [2.05, 4.69) is 33.5 Å². The molecule has 0 aliphatic heterocycles. The number of benzene rings is 1. The van der Waals surface area contributed by atoms with Gasteiger partial charge in [0.2, 0.25) is 0 Å². The number of rotatable bonds is 1. The molecule has 1 aromatic carbocycles. The Bertz CT molecular complexity index is 427. The third-order valence-corrected chi connectivity index (χ3v) is 2.51. The lowest BCUT2D eigenvalue weighted by molar-refractivity contribution is 1.46. The van der Waals surface area contributed by atoms with Crippen LogP contribution in [0.25, 0.3) is 0 Å². The second-order valence-corrected chi connectivity index (χ2v) is 4.11. The van der Waals surface area contributed by atoms with Crippen molar-refractivity contribution in [3.63, 3.8) is 0 Å². The molecule has 0 spiro atoms. The van der Waals surface area contributed by atoms with Crippen molar-refractivity contribution in [2.45, 2.75) is 0 Å². The van der Waals surface area contributed by atoms with E-state index in [0.29, 0.717) is 20.7 Å². The minimum absolute atomic E-state index is 0.109. The van der Waals surface area contributed by atoms with E-state index in [1.165, 1.54) is 0 Å². The largest absolute Gasteiger partial charge is 0.376 e. The molecule has 0 radical (unpaired) electrons. The van der Waals surface area contributed by atoms with Crippen molar-refractivity contribution in [1.82, 2.24) is 0 Å². The molecule has 6 heteroatoms. The molecule has 72 valence electrons. The Balaban J connectivity index is 3.19. The second kappa shape index (κ2) is 4.60. The van der Waals surface area contributed by atoms with Crippen molar-refractivity contribution in [1.29, 1.82) is 5.26 Å². The van der Waals surface area contributed by atoms with Crippen molar-refractivity contribution in [2.24, 2.45) is 5.73 Å². The van der Waals surface area contributed by atoms with Gasteiger partial charge in [0.05, 0.1) is 16.3 Å². The molecule has 0 aliphatic carbocycles. The molecule has 0 heterocycles. The highest BCUT2D eigenvalue weighted by molar-refractivity contribution is 9.10. The summed E-state index contributed by atoms with van der Waals surface area (Å²) >= 11 is 13.8. The highest BCUT2D eigenvalue weighted by Crippen LogP contribution is 2.28. The summed E-state index contributed by atoms with van der Waals surface area (Å²) in [6.45, 7) is 0. The fourth-order valence-corrected chi connectivity index (χ4v) is 1.75. The lowest BCUT2D eigenvalue weighted by Gasteiger charge is -2.07. The molecule has 1 aromatic rings. The van der Waals surface area contributed by atoms with Gasteiger partial charge in [-0.1, -0.05) is 11.6 Å². The molecule has 0 saturated carbocycles. The summed E-state index contributed by atoms with van der Waals surface area (Å²) in [6.07, 6.45) is 0. The lowest BCUT2D eigenvalue weighted by atomic mass is 10.2. The van der Waals surface area contributed by atoms with E-state index in [4.69, 9.17) is 22.6 Å². The van der Waals surface area contributed by atoms with E-state index in [0.717, 1.165) is 0 Å². The van der Waals surface area contributed by atoms with Crippen LogP contribution in [0.2, 0.25) is 5.02 Å². The molecule has 0 saturated heterocycles. The summed E-state index contributed by atoms with van der Waals surface area (Å²) in [5, 5.41) is 12.0. The van der Waals surface area contributed by atoms with Crippen LogP contribution in [0.4, 0.5) is 5.69 Å². The van der Waals surface area contributed by atoms with Crippen LogP contribution in [0.5, 0.6) is 0 Å². The first-order valence-electron chi connectivity index (χ1n) is 3.50. The first-order valence-corrected chi connectivity index (χ1v) is 5.08.